The SMILES string of the molecule is C#CCn1cc(/C=N/OCC(=O)O)c2cc(OCc3ccc(Cl)cc3)ccc21. The first kappa shape index (κ1) is 19.3. The summed E-state index contributed by atoms with van der Waals surface area (Å²) in [4.78, 5) is 15.3. The molecule has 3 aromatic rings. The molecule has 2 aromatic carbocycles. The van der Waals surface area contributed by atoms with Gasteiger partial charge in [0, 0.05) is 27.7 Å². The number of fused-ring (bicyclic) bond motifs is 1. The number of rotatable bonds is 8. The zero-order valence-corrected chi connectivity index (χ0v) is 15.6. The minimum Gasteiger partial charge on any atom is -0.489 e. The number of halogens is 1. The standard InChI is InChI=1S/C21H17ClN2O4/c1-2-9-24-12-16(11-23-28-14-21(25)26)19-10-18(7-8-20(19)24)27-13-15-3-5-17(22)6-4-15/h1,3-8,10-12H,9,13-14H2,(H,25,26)/b23-11+. The zero-order valence-electron chi connectivity index (χ0n) is 14.8. The molecule has 0 radical (unpaired) electrons. The van der Waals surface area contributed by atoms with Crippen molar-refractivity contribution < 1.29 is 19.5 Å². The highest BCUT2D eigenvalue weighted by Gasteiger charge is 2.09. The van der Waals surface area contributed by atoms with Crippen LogP contribution in [0.2, 0.25) is 5.02 Å². The van der Waals surface area contributed by atoms with Gasteiger partial charge in [0.1, 0.15) is 12.4 Å². The van der Waals surface area contributed by atoms with Gasteiger partial charge in [-0.1, -0.05) is 34.8 Å². The van der Waals surface area contributed by atoms with Gasteiger partial charge in [-0.15, -0.1) is 6.42 Å². The monoisotopic (exact) mass is 396 g/mol. The van der Waals surface area contributed by atoms with Gasteiger partial charge in [0.2, 0.25) is 6.61 Å². The minimum atomic E-state index is -1.09. The van der Waals surface area contributed by atoms with Gasteiger partial charge < -0.3 is 19.2 Å². The van der Waals surface area contributed by atoms with Gasteiger partial charge in [0.15, 0.2) is 0 Å². The van der Waals surface area contributed by atoms with E-state index in [1.54, 1.807) is 0 Å². The summed E-state index contributed by atoms with van der Waals surface area (Å²) in [5, 5.41) is 13.9. The Morgan fingerprint density at radius 1 is 1.29 bits per heavy atom. The molecule has 1 heterocycles. The summed E-state index contributed by atoms with van der Waals surface area (Å²) in [6.45, 7) is 0.291. The van der Waals surface area contributed by atoms with Gasteiger partial charge in [-0.3, -0.25) is 0 Å². The fourth-order valence-corrected chi connectivity index (χ4v) is 2.79. The Kier molecular flexibility index (Phi) is 6.20. The van der Waals surface area contributed by atoms with E-state index in [1.807, 2.05) is 53.2 Å². The summed E-state index contributed by atoms with van der Waals surface area (Å²) in [6, 6.07) is 13.1. The van der Waals surface area contributed by atoms with Crippen LogP contribution in [0.5, 0.6) is 5.75 Å². The maximum absolute atomic E-state index is 10.5. The first-order valence-electron chi connectivity index (χ1n) is 8.37. The molecule has 0 unspecified atom stereocenters. The lowest BCUT2D eigenvalue weighted by atomic mass is 10.2. The van der Waals surface area contributed by atoms with E-state index in [9.17, 15) is 4.79 Å². The molecule has 0 amide bonds. The first-order chi connectivity index (χ1) is 13.6. The fraction of sp³-hybridized carbons (Fsp3) is 0.143. The maximum atomic E-state index is 10.5. The van der Waals surface area contributed by atoms with Crippen LogP contribution in [-0.4, -0.2) is 28.5 Å². The van der Waals surface area contributed by atoms with Crippen molar-refractivity contribution in [2.45, 2.75) is 13.2 Å². The molecule has 0 aliphatic heterocycles. The number of oxime groups is 1. The number of aromatic nitrogens is 1. The predicted molar refractivity (Wildman–Crippen MR) is 108 cm³/mol. The molecular weight excluding hydrogens is 380 g/mol. The summed E-state index contributed by atoms with van der Waals surface area (Å²) >= 11 is 5.90. The van der Waals surface area contributed by atoms with Gasteiger partial charge in [-0.25, -0.2) is 4.79 Å². The van der Waals surface area contributed by atoms with Crippen LogP contribution in [0, 0.1) is 12.3 Å². The third kappa shape index (κ3) is 4.84. The van der Waals surface area contributed by atoms with E-state index in [2.05, 4.69) is 11.1 Å². The van der Waals surface area contributed by atoms with Crippen molar-refractivity contribution in [3.8, 4) is 18.1 Å². The van der Waals surface area contributed by atoms with Crippen molar-refractivity contribution in [1.29, 1.82) is 0 Å². The first-order valence-corrected chi connectivity index (χ1v) is 8.75. The quantitative estimate of drug-likeness (QED) is 0.355. The zero-order chi connectivity index (χ0) is 19.9. The molecule has 0 bridgehead atoms. The van der Waals surface area contributed by atoms with Crippen LogP contribution in [0.1, 0.15) is 11.1 Å². The van der Waals surface area contributed by atoms with Crippen molar-refractivity contribution in [2.24, 2.45) is 5.16 Å². The largest absolute Gasteiger partial charge is 0.489 e. The summed E-state index contributed by atoms with van der Waals surface area (Å²) in [6.07, 6.45) is 8.73. The second kappa shape index (κ2) is 8.98. The molecule has 0 fully saturated rings. The van der Waals surface area contributed by atoms with Gasteiger partial charge in [-0.05, 0) is 35.9 Å². The van der Waals surface area contributed by atoms with E-state index >= 15 is 0 Å². The molecule has 0 aliphatic carbocycles. The lowest BCUT2D eigenvalue weighted by Crippen LogP contribution is -2.03. The second-order valence-electron chi connectivity index (χ2n) is 5.91. The van der Waals surface area contributed by atoms with Crippen molar-refractivity contribution >= 4 is 34.7 Å². The number of carboxylic acids is 1. The molecule has 0 spiro atoms. The van der Waals surface area contributed by atoms with Crippen LogP contribution in [-0.2, 0) is 22.8 Å². The number of carbonyl (C=O) groups is 1. The van der Waals surface area contributed by atoms with Gasteiger partial charge in [-0.2, -0.15) is 0 Å². The topological polar surface area (TPSA) is 73.1 Å². The average Bonchev–Trinajstić information content (AvgIpc) is 3.02. The van der Waals surface area contributed by atoms with Gasteiger partial charge in [0.25, 0.3) is 0 Å². The van der Waals surface area contributed by atoms with E-state index in [0.717, 1.165) is 22.0 Å². The molecule has 7 heteroatoms. The number of aliphatic carboxylic acids is 1. The van der Waals surface area contributed by atoms with Crippen LogP contribution in [0.3, 0.4) is 0 Å². The Morgan fingerprint density at radius 2 is 2.07 bits per heavy atom. The maximum Gasteiger partial charge on any atom is 0.344 e. The summed E-state index contributed by atoms with van der Waals surface area (Å²) in [7, 11) is 0. The van der Waals surface area contributed by atoms with Crippen LogP contribution in [0.25, 0.3) is 10.9 Å². The molecule has 0 aliphatic rings. The summed E-state index contributed by atoms with van der Waals surface area (Å²) < 4.78 is 7.77. The van der Waals surface area contributed by atoms with Crippen LogP contribution in [0.15, 0.2) is 53.8 Å². The van der Waals surface area contributed by atoms with Crippen molar-refractivity contribution in [1.82, 2.24) is 4.57 Å². The Balaban J connectivity index is 1.83. The minimum absolute atomic E-state index is 0.394. The van der Waals surface area contributed by atoms with E-state index in [-0.39, 0.29) is 0 Å². The summed E-state index contributed by atoms with van der Waals surface area (Å²) in [5.41, 5.74) is 2.65. The van der Waals surface area contributed by atoms with Crippen LogP contribution in [0.4, 0.5) is 0 Å². The highest BCUT2D eigenvalue weighted by atomic mass is 35.5. The van der Waals surface area contributed by atoms with Gasteiger partial charge in [0.05, 0.1) is 12.8 Å². The second-order valence-corrected chi connectivity index (χ2v) is 6.35. The number of carboxylic acid groups (broad SMARTS) is 1. The lowest BCUT2D eigenvalue weighted by molar-refractivity contribution is -0.142. The molecule has 0 saturated carbocycles. The highest BCUT2D eigenvalue weighted by molar-refractivity contribution is 6.30. The lowest BCUT2D eigenvalue weighted by Gasteiger charge is -2.07. The third-order valence-corrected chi connectivity index (χ3v) is 4.17. The number of ether oxygens (including phenoxy) is 1. The van der Waals surface area contributed by atoms with E-state index < -0.39 is 12.6 Å². The number of terminal acetylenes is 1. The highest BCUT2D eigenvalue weighted by Crippen LogP contribution is 2.26. The Hall–Kier alpha value is -3.43. The Morgan fingerprint density at radius 3 is 2.79 bits per heavy atom. The Labute approximate surface area is 166 Å². The van der Waals surface area contributed by atoms with Crippen LogP contribution < -0.4 is 4.74 Å². The molecule has 28 heavy (non-hydrogen) atoms. The third-order valence-electron chi connectivity index (χ3n) is 3.92. The average molecular weight is 397 g/mol. The van der Waals surface area contributed by atoms with Crippen molar-refractivity contribution in [3.05, 3.63) is 64.8 Å². The summed E-state index contributed by atoms with van der Waals surface area (Å²) in [5.74, 6) is 2.19. The number of nitrogens with zero attached hydrogens (tertiary/aromatic N) is 2. The van der Waals surface area contributed by atoms with Crippen molar-refractivity contribution in [2.75, 3.05) is 6.61 Å². The van der Waals surface area contributed by atoms with Crippen LogP contribution >= 0.6 is 11.6 Å². The predicted octanol–water partition coefficient (Wildman–Crippen LogP) is 3.94. The normalized spacial score (nSPS) is 10.9. The smallest absolute Gasteiger partial charge is 0.344 e. The molecule has 1 aromatic heterocycles. The van der Waals surface area contributed by atoms with Crippen molar-refractivity contribution in [3.63, 3.8) is 0 Å². The molecule has 3 rings (SSSR count). The Bertz CT molecular complexity index is 1050. The molecule has 0 atom stereocenters. The molecular formula is C21H17ClN2O4. The van der Waals surface area contributed by atoms with E-state index in [1.165, 1.54) is 6.21 Å². The van der Waals surface area contributed by atoms with Gasteiger partial charge >= 0.3 is 5.97 Å². The molecule has 1 N–H and O–H groups in total. The molecule has 0 saturated heterocycles. The molecule has 142 valence electrons. The fourth-order valence-electron chi connectivity index (χ4n) is 2.66. The number of hydrogen-bond donors (Lipinski definition) is 1. The van der Waals surface area contributed by atoms with E-state index in [0.29, 0.717) is 23.9 Å². The number of benzene rings is 2. The van der Waals surface area contributed by atoms with E-state index in [4.69, 9.17) is 32.7 Å². The molecule has 6 nitrogen and oxygen atoms in total. The number of hydrogen-bond acceptors (Lipinski definition) is 4.